The number of hydrogen-bond acceptors (Lipinski definition) is 5. The Labute approximate surface area is 137 Å². The van der Waals surface area contributed by atoms with Gasteiger partial charge < -0.3 is 14.4 Å². The smallest absolute Gasteiger partial charge is 0.241 e. The van der Waals surface area contributed by atoms with Crippen molar-refractivity contribution < 1.29 is 22.7 Å². The van der Waals surface area contributed by atoms with E-state index in [1.165, 1.54) is 27.2 Å². The second-order valence-electron chi connectivity index (χ2n) is 5.69. The van der Waals surface area contributed by atoms with Crippen molar-refractivity contribution in [3.63, 3.8) is 0 Å². The van der Waals surface area contributed by atoms with Crippen LogP contribution in [0, 0.1) is 6.92 Å². The number of sulfone groups is 1. The molecule has 7 heteroatoms. The Balaban J connectivity index is 2.40. The number of hydrogen-bond donors (Lipinski definition) is 0. The minimum atomic E-state index is -3.79. The van der Waals surface area contributed by atoms with E-state index < -0.39 is 15.1 Å². The number of carbonyl (C=O) groups is 1. The van der Waals surface area contributed by atoms with E-state index in [9.17, 15) is 13.2 Å². The summed E-state index contributed by atoms with van der Waals surface area (Å²) in [6.45, 7) is 4.39. The van der Waals surface area contributed by atoms with E-state index in [4.69, 9.17) is 9.47 Å². The molecule has 1 saturated heterocycles. The highest BCUT2D eigenvalue weighted by atomic mass is 32.2. The summed E-state index contributed by atoms with van der Waals surface area (Å²) in [7, 11) is -0.853. The lowest BCUT2D eigenvalue weighted by Crippen LogP contribution is -2.40. The minimum absolute atomic E-state index is 0.107. The lowest BCUT2D eigenvalue weighted by molar-refractivity contribution is -0.129. The molecule has 0 saturated carbocycles. The maximum absolute atomic E-state index is 12.9. The second kappa shape index (κ2) is 6.78. The molecule has 23 heavy (non-hydrogen) atoms. The lowest BCUT2D eigenvalue weighted by atomic mass is 10.2. The Kier molecular flexibility index (Phi) is 5.19. The van der Waals surface area contributed by atoms with Crippen LogP contribution in [-0.4, -0.2) is 51.8 Å². The highest BCUT2D eigenvalue weighted by Crippen LogP contribution is 2.34. The Hall–Kier alpha value is -1.76. The van der Waals surface area contributed by atoms with E-state index >= 15 is 0 Å². The maximum Gasteiger partial charge on any atom is 0.241 e. The Morgan fingerprint density at radius 3 is 2.17 bits per heavy atom. The fraction of sp³-hybridized carbons (Fsp3) is 0.562. The monoisotopic (exact) mass is 341 g/mol. The summed E-state index contributed by atoms with van der Waals surface area (Å²) in [5.41, 5.74) is 0.531. The molecule has 0 aliphatic carbocycles. The molecule has 1 aliphatic heterocycles. The molecule has 6 nitrogen and oxygen atoms in total. The molecular formula is C16H23NO5S. The second-order valence-corrected chi connectivity index (χ2v) is 7.93. The average Bonchev–Trinajstić information content (AvgIpc) is 3.07. The van der Waals surface area contributed by atoms with Crippen LogP contribution in [0.3, 0.4) is 0 Å². The summed E-state index contributed by atoms with van der Waals surface area (Å²) in [6, 6.07) is 3.04. The minimum Gasteiger partial charge on any atom is -0.493 e. The fourth-order valence-electron chi connectivity index (χ4n) is 2.79. The van der Waals surface area contributed by atoms with E-state index in [0.29, 0.717) is 30.2 Å². The zero-order valence-electron chi connectivity index (χ0n) is 14.0. The number of methoxy groups -OCH3 is 2. The van der Waals surface area contributed by atoms with E-state index in [-0.39, 0.29) is 10.8 Å². The molecule has 0 N–H and O–H groups in total. The van der Waals surface area contributed by atoms with Crippen molar-refractivity contribution >= 4 is 15.7 Å². The van der Waals surface area contributed by atoms with Gasteiger partial charge in [-0.15, -0.1) is 0 Å². The van der Waals surface area contributed by atoms with Gasteiger partial charge in [-0.25, -0.2) is 8.42 Å². The van der Waals surface area contributed by atoms with Gasteiger partial charge in [0.25, 0.3) is 0 Å². The number of carbonyl (C=O) groups excluding carboxylic acids is 1. The molecule has 0 bridgehead atoms. The number of amides is 1. The van der Waals surface area contributed by atoms with Crippen LogP contribution in [0.25, 0.3) is 0 Å². The highest BCUT2D eigenvalue weighted by molar-refractivity contribution is 7.92. The molecule has 1 aliphatic rings. The topological polar surface area (TPSA) is 72.9 Å². The first-order valence-corrected chi connectivity index (χ1v) is 9.13. The summed E-state index contributed by atoms with van der Waals surface area (Å²) < 4.78 is 36.1. The van der Waals surface area contributed by atoms with Crippen molar-refractivity contribution in [2.45, 2.75) is 36.8 Å². The molecule has 1 atom stereocenters. The molecule has 1 aromatic rings. The summed E-state index contributed by atoms with van der Waals surface area (Å²) in [5, 5.41) is -1.11. The zero-order chi connectivity index (χ0) is 17.2. The van der Waals surface area contributed by atoms with Crippen LogP contribution in [0.4, 0.5) is 0 Å². The largest absolute Gasteiger partial charge is 0.493 e. The van der Waals surface area contributed by atoms with Crippen molar-refractivity contribution in [2.75, 3.05) is 27.3 Å². The normalized spacial score (nSPS) is 16.3. The third-order valence-electron chi connectivity index (χ3n) is 4.22. The van der Waals surface area contributed by atoms with E-state index in [1.807, 2.05) is 0 Å². The predicted octanol–water partition coefficient (Wildman–Crippen LogP) is 1.80. The van der Waals surface area contributed by atoms with Gasteiger partial charge in [-0.05, 0) is 38.3 Å². The standard InChI is InChI=1S/C16H23NO5S/c1-11-9-13(21-3)14(22-4)10-15(11)23(19,20)12(2)16(18)17-7-5-6-8-17/h9-10,12H,5-8H2,1-4H3/t12-/m0/s1. The van der Waals surface area contributed by atoms with Gasteiger partial charge in [-0.3, -0.25) is 4.79 Å². The van der Waals surface area contributed by atoms with Crippen molar-refractivity contribution in [1.82, 2.24) is 4.90 Å². The third-order valence-corrected chi connectivity index (χ3v) is 6.40. The van der Waals surface area contributed by atoms with Crippen molar-refractivity contribution in [3.8, 4) is 11.5 Å². The van der Waals surface area contributed by atoms with Crippen LogP contribution in [0.15, 0.2) is 17.0 Å². The molecule has 0 aromatic heterocycles. The van der Waals surface area contributed by atoms with Gasteiger partial charge >= 0.3 is 0 Å². The van der Waals surface area contributed by atoms with Crippen LogP contribution in [-0.2, 0) is 14.6 Å². The van der Waals surface area contributed by atoms with E-state index in [0.717, 1.165) is 12.8 Å². The van der Waals surface area contributed by atoms with Gasteiger partial charge in [0.2, 0.25) is 5.91 Å². The first-order valence-electron chi connectivity index (χ1n) is 7.58. The van der Waals surface area contributed by atoms with Crippen LogP contribution in [0.2, 0.25) is 0 Å². The molecule has 128 valence electrons. The molecule has 0 unspecified atom stereocenters. The number of rotatable bonds is 5. The van der Waals surface area contributed by atoms with Crippen LogP contribution in [0.5, 0.6) is 11.5 Å². The highest BCUT2D eigenvalue weighted by Gasteiger charge is 2.35. The van der Waals surface area contributed by atoms with Crippen molar-refractivity contribution in [1.29, 1.82) is 0 Å². The van der Waals surface area contributed by atoms with Gasteiger partial charge in [0.05, 0.1) is 19.1 Å². The average molecular weight is 341 g/mol. The Morgan fingerprint density at radius 2 is 1.65 bits per heavy atom. The zero-order valence-corrected chi connectivity index (χ0v) is 14.8. The van der Waals surface area contributed by atoms with Gasteiger partial charge in [-0.1, -0.05) is 0 Å². The molecule has 2 rings (SSSR count). The predicted molar refractivity (Wildman–Crippen MR) is 86.7 cm³/mol. The molecule has 0 spiro atoms. The van der Waals surface area contributed by atoms with Crippen LogP contribution < -0.4 is 9.47 Å². The van der Waals surface area contributed by atoms with Crippen molar-refractivity contribution in [3.05, 3.63) is 17.7 Å². The van der Waals surface area contributed by atoms with Crippen molar-refractivity contribution in [2.24, 2.45) is 0 Å². The summed E-state index contributed by atoms with van der Waals surface area (Å²) >= 11 is 0. The lowest BCUT2D eigenvalue weighted by Gasteiger charge is -2.21. The third kappa shape index (κ3) is 3.29. The number of likely N-dealkylation sites (tertiary alicyclic amines) is 1. The Bertz CT molecular complexity index is 693. The Morgan fingerprint density at radius 1 is 1.13 bits per heavy atom. The molecule has 1 heterocycles. The molecule has 0 radical (unpaired) electrons. The van der Waals surface area contributed by atoms with Crippen LogP contribution in [0.1, 0.15) is 25.3 Å². The summed E-state index contributed by atoms with van der Waals surface area (Å²) in [6.07, 6.45) is 1.85. The molecule has 1 fully saturated rings. The molecule has 1 amide bonds. The van der Waals surface area contributed by atoms with Crippen LogP contribution >= 0.6 is 0 Å². The SMILES string of the molecule is COc1cc(C)c(S(=O)(=O)[C@@H](C)C(=O)N2CCCC2)cc1OC. The number of benzene rings is 1. The van der Waals surface area contributed by atoms with E-state index in [2.05, 4.69) is 0 Å². The maximum atomic E-state index is 12.9. The first kappa shape index (κ1) is 17.6. The quantitative estimate of drug-likeness (QED) is 0.816. The van der Waals surface area contributed by atoms with E-state index in [1.54, 1.807) is 17.9 Å². The van der Waals surface area contributed by atoms with Gasteiger partial charge in [-0.2, -0.15) is 0 Å². The van der Waals surface area contributed by atoms with Gasteiger partial charge in [0, 0.05) is 19.2 Å². The number of nitrogens with zero attached hydrogens (tertiary/aromatic N) is 1. The number of aryl methyl sites for hydroxylation is 1. The summed E-state index contributed by atoms with van der Waals surface area (Å²) in [5.74, 6) is 0.455. The van der Waals surface area contributed by atoms with Gasteiger partial charge in [0.15, 0.2) is 21.3 Å². The molecule has 1 aromatic carbocycles. The fourth-order valence-corrected chi connectivity index (χ4v) is 4.36. The summed E-state index contributed by atoms with van der Waals surface area (Å²) in [4.78, 5) is 14.2. The molecular weight excluding hydrogens is 318 g/mol. The first-order chi connectivity index (χ1) is 10.8. The van der Waals surface area contributed by atoms with Gasteiger partial charge in [0.1, 0.15) is 5.25 Å². The number of ether oxygens (including phenoxy) is 2.